The summed E-state index contributed by atoms with van der Waals surface area (Å²) in [5, 5.41) is 0. The molecule has 2 rings (SSSR count). The molecule has 2 aromatic rings. The third kappa shape index (κ3) is 5.06. The Balaban J connectivity index is 1.64. The number of nitrogens with two attached hydrogens (primary N) is 2. The highest BCUT2D eigenvalue weighted by atomic mass is 32.2. The Hall–Kier alpha value is -1.30. The summed E-state index contributed by atoms with van der Waals surface area (Å²) in [6.07, 6.45) is 0. The Bertz CT molecular complexity index is 452. The van der Waals surface area contributed by atoms with Gasteiger partial charge in [0, 0.05) is 47.0 Å². The van der Waals surface area contributed by atoms with Gasteiger partial charge in [0.1, 0.15) is 0 Å². The van der Waals surface area contributed by atoms with Crippen LogP contribution in [0.2, 0.25) is 0 Å². The third-order valence-corrected chi connectivity index (χ3v) is 4.18. The molecule has 2 aromatic carbocycles. The van der Waals surface area contributed by atoms with Crippen molar-refractivity contribution in [2.45, 2.75) is 11.5 Å². The van der Waals surface area contributed by atoms with Crippen molar-refractivity contribution in [2.75, 3.05) is 11.5 Å². The maximum Gasteiger partial charge on any atom is 0.0461 e. The molecule has 0 bridgehead atoms. The van der Waals surface area contributed by atoms with Crippen LogP contribution in [0.3, 0.4) is 0 Å². The molecule has 0 aliphatic rings. The van der Waals surface area contributed by atoms with Crippen LogP contribution in [0.5, 0.6) is 0 Å². The Morgan fingerprint density at radius 2 is 1.05 bits per heavy atom. The fourth-order valence-electron chi connectivity index (χ4n) is 1.45. The molecule has 3 nitrogen and oxygen atoms in total. The van der Waals surface area contributed by atoms with Crippen molar-refractivity contribution in [2.24, 2.45) is 0 Å². The fraction of sp³-hybridized carbons (Fsp3) is 0.143. The van der Waals surface area contributed by atoms with Crippen LogP contribution in [-0.2, 0) is 15.1 Å². The molecule has 19 heavy (non-hydrogen) atoms. The SMILES string of the molecule is Nc1ccc(CSOSCc2ccc(N)cc2)cc1. The number of benzene rings is 2. The van der Waals surface area contributed by atoms with Gasteiger partial charge in [-0.3, -0.25) is 0 Å². The molecule has 0 aliphatic carbocycles. The predicted octanol–water partition coefficient (Wildman–Crippen LogP) is 3.86. The lowest BCUT2D eigenvalue weighted by atomic mass is 10.2. The molecule has 0 saturated carbocycles. The van der Waals surface area contributed by atoms with Gasteiger partial charge in [-0.25, -0.2) is 3.63 Å². The largest absolute Gasteiger partial charge is 0.399 e. The standard InChI is InChI=1S/C14H16N2OS2/c15-13-5-1-11(2-6-13)9-18-17-19-10-12-3-7-14(16)8-4-12/h1-8H,9-10,15-16H2. The van der Waals surface area contributed by atoms with Gasteiger partial charge in [-0.05, 0) is 35.4 Å². The Labute approximate surface area is 122 Å². The molecule has 100 valence electrons. The summed E-state index contributed by atoms with van der Waals surface area (Å²) in [7, 11) is 0. The van der Waals surface area contributed by atoms with Crippen LogP contribution >= 0.6 is 24.1 Å². The van der Waals surface area contributed by atoms with Crippen molar-refractivity contribution in [1.82, 2.24) is 0 Å². The van der Waals surface area contributed by atoms with Crippen molar-refractivity contribution in [3.05, 3.63) is 59.7 Å². The highest BCUT2D eigenvalue weighted by Gasteiger charge is 1.97. The van der Waals surface area contributed by atoms with Gasteiger partial charge in [0.2, 0.25) is 0 Å². The lowest BCUT2D eigenvalue weighted by Crippen LogP contribution is -1.86. The second-order valence-corrected chi connectivity index (χ2v) is 5.67. The molecule has 0 radical (unpaired) electrons. The van der Waals surface area contributed by atoms with Crippen LogP contribution in [0.4, 0.5) is 11.4 Å². The molecule has 0 atom stereocenters. The average Bonchev–Trinajstić information content (AvgIpc) is 2.43. The van der Waals surface area contributed by atoms with Gasteiger partial charge in [0.15, 0.2) is 0 Å². The van der Waals surface area contributed by atoms with Crippen LogP contribution in [-0.4, -0.2) is 0 Å². The Morgan fingerprint density at radius 3 is 1.42 bits per heavy atom. The normalized spacial score (nSPS) is 10.5. The maximum atomic E-state index is 5.63. The minimum absolute atomic E-state index is 0.785. The summed E-state index contributed by atoms with van der Waals surface area (Å²) in [4.78, 5) is 0. The van der Waals surface area contributed by atoms with Gasteiger partial charge in [-0.1, -0.05) is 24.3 Å². The van der Waals surface area contributed by atoms with E-state index in [1.807, 2.05) is 48.5 Å². The average molecular weight is 292 g/mol. The second kappa shape index (κ2) is 7.33. The molecule has 0 aromatic heterocycles. The lowest BCUT2D eigenvalue weighted by Gasteiger charge is -2.03. The van der Waals surface area contributed by atoms with E-state index in [0.29, 0.717) is 0 Å². The summed E-state index contributed by atoms with van der Waals surface area (Å²) < 4.78 is 5.47. The first-order valence-corrected chi connectivity index (χ1v) is 7.66. The molecule has 0 spiro atoms. The molecule has 0 heterocycles. The van der Waals surface area contributed by atoms with E-state index in [1.54, 1.807) is 0 Å². The number of hydrogen-bond donors (Lipinski definition) is 2. The van der Waals surface area contributed by atoms with Crippen molar-refractivity contribution >= 4 is 35.5 Å². The quantitative estimate of drug-likeness (QED) is 0.481. The van der Waals surface area contributed by atoms with E-state index in [0.717, 1.165) is 22.9 Å². The molecule has 5 heteroatoms. The summed E-state index contributed by atoms with van der Waals surface area (Å²) >= 11 is 2.86. The van der Waals surface area contributed by atoms with Gasteiger partial charge in [0.25, 0.3) is 0 Å². The van der Waals surface area contributed by atoms with Gasteiger partial charge in [0.05, 0.1) is 0 Å². The van der Waals surface area contributed by atoms with E-state index in [4.69, 9.17) is 15.1 Å². The molecule has 4 N–H and O–H groups in total. The fourth-order valence-corrected chi connectivity index (χ4v) is 2.76. The minimum atomic E-state index is 0.785. The maximum absolute atomic E-state index is 5.63. The number of rotatable bonds is 6. The van der Waals surface area contributed by atoms with E-state index in [9.17, 15) is 0 Å². The minimum Gasteiger partial charge on any atom is -0.399 e. The van der Waals surface area contributed by atoms with E-state index in [2.05, 4.69) is 0 Å². The van der Waals surface area contributed by atoms with Crippen LogP contribution in [0.1, 0.15) is 11.1 Å². The van der Waals surface area contributed by atoms with Crippen LogP contribution in [0.15, 0.2) is 48.5 Å². The zero-order valence-electron chi connectivity index (χ0n) is 10.4. The van der Waals surface area contributed by atoms with Gasteiger partial charge >= 0.3 is 0 Å². The molecular weight excluding hydrogens is 276 g/mol. The van der Waals surface area contributed by atoms with Crippen LogP contribution in [0, 0.1) is 0 Å². The monoisotopic (exact) mass is 292 g/mol. The van der Waals surface area contributed by atoms with E-state index >= 15 is 0 Å². The molecule has 0 unspecified atom stereocenters. The Kier molecular flexibility index (Phi) is 5.44. The molecule has 0 fully saturated rings. The highest BCUT2D eigenvalue weighted by Crippen LogP contribution is 2.23. The van der Waals surface area contributed by atoms with Crippen molar-refractivity contribution in [3.63, 3.8) is 0 Å². The van der Waals surface area contributed by atoms with Crippen molar-refractivity contribution in [3.8, 4) is 0 Å². The van der Waals surface area contributed by atoms with Gasteiger partial charge in [-0.15, -0.1) is 0 Å². The van der Waals surface area contributed by atoms with Gasteiger partial charge in [-0.2, -0.15) is 0 Å². The first-order valence-electron chi connectivity index (χ1n) is 5.84. The first-order chi connectivity index (χ1) is 9.24. The summed E-state index contributed by atoms with van der Waals surface area (Å²) in [5.74, 6) is 1.63. The van der Waals surface area contributed by atoms with E-state index < -0.39 is 0 Å². The summed E-state index contributed by atoms with van der Waals surface area (Å²) in [6.45, 7) is 0. The van der Waals surface area contributed by atoms with Crippen molar-refractivity contribution < 1.29 is 3.63 Å². The van der Waals surface area contributed by atoms with E-state index in [-0.39, 0.29) is 0 Å². The zero-order valence-corrected chi connectivity index (χ0v) is 12.0. The number of anilines is 2. The predicted molar refractivity (Wildman–Crippen MR) is 85.4 cm³/mol. The zero-order chi connectivity index (χ0) is 13.5. The topological polar surface area (TPSA) is 61.3 Å². The first kappa shape index (κ1) is 14.1. The molecular formula is C14H16N2OS2. The second-order valence-electron chi connectivity index (χ2n) is 4.08. The van der Waals surface area contributed by atoms with E-state index in [1.165, 1.54) is 35.2 Å². The number of nitrogen functional groups attached to an aromatic ring is 2. The highest BCUT2D eigenvalue weighted by molar-refractivity contribution is 8.07. The molecule has 0 saturated heterocycles. The van der Waals surface area contributed by atoms with Gasteiger partial charge < -0.3 is 11.5 Å². The Morgan fingerprint density at radius 1 is 0.684 bits per heavy atom. The van der Waals surface area contributed by atoms with Crippen molar-refractivity contribution in [1.29, 1.82) is 0 Å². The smallest absolute Gasteiger partial charge is 0.0461 e. The summed E-state index contributed by atoms with van der Waals surface area (Å²) in [5.41, 5.74) is 15.2. The third-order valence-electron chi connectivity index (χ3n) is 2.51. The summed E-state index contributed by atoms with van der Waals surface area (Å²) in [6, 6.07) is 15.6. The number of hydrogen-bond acceptors (Lipinski definition) is 5. The molecule has 0 aliphatic heterocycles. The van der Waals surface area contributed by atoms with Crippen LogP contribution < -0.4 is 11.5 Å². The molecule has 0 amide bonds. The van der Waals surface area contributed by atoms with Crippen LogP contribution in [0.25, 0.3) is 0 Å². The lowest BCUT2D eigenvalue weighted by molar-refractivity contribution is 0.755.